The van der Waals surface area contributed by atoms with Crippen molar-refractivity contribution in [1.29, 1.82) is 0 Å². The zero-order valence-electron chi connectivity index (χ0n) is 37.8. The molecule has 64 heavy (non-hydrogen) atoms. The van der Waals surface area contributed by atoms with Crippen molar-refractivity contribution in [3.05, 3.63) is 58.9 Å². The van der Waals surface area contributed by atoms with Crippen LogP contribution in [0.3, 0.4) is 0 Å². The first-order valence-corrected chi connectivity index (χ1v) is 20.9. The lowest BCUT2D eigenvalue weighted by Crippen LogP contribution is -2.34. The standard InChI is InChI=1S/2C24H28FN3O4/c2*1-6-14-18(28-22(30)20(14)25)12-32-23-16-10-19(31-5)17(21(26)29)9-15(16)13(11-27-23)7-8-24(2,3)4/h2*9-11,14,18,20H,6,12H2,1-5H3,(H2,26,29)(H,28,30)/t2*14-,18+,20-/m00/s1. The van der Waals surface area contributed by atoms with E-state index in [4.69, 9.17) is 30.4 Å². The van der Waals surface area contributed by atoms with Crippen LogP contribution in [-0.4, -0.2) is 85.5 Å². The summed E-state index contributed by atoms with van der Waals surface area (Å²) in [5, 5.41) is 7.69. The zero-order valence-corrected chi connectivity index (χ0v) is 37.8. The quantitative estimate of drug-likeness (QED) is 0.123. The van der Waals surface area contributed by atoms with Crippen molar-refractivity contribution in [2.75, 3.05) is 27.4 Å². The Hall–Kier alpha value is -6.68. The topological polar surface area (TPSA) is 207 Å². The number of aromatic nitrogens is 2. The molecule has 0 radical (unpaired) electrons. The second-order valence-corrected chi connectivity index (χ2v) is 17.7. The number of halogens is 2. The molecule has 2 aromatic heterocycles. The first-order chi connectivity index (χ1) is 30.1. The molecule has 2 aliphatic heterocycles. The second kappa shape index (κ2) is 19.8. The Balaban J connectivity index is 0.000000241. The molecule has 6 atom stereocenters. The van der Waals surface area contributed by atoms with Gasteiger partial charge >= 0.3 is 0 Å². The summed E-state index contributed by atoms with van der Waals surface area (Å²) in [6, 6.07) is 5.55. The molecule has 2 aliphatic rings. The number of rotatable bonds is 12. The summed E-state index contributed by atoms with van der Waals surface area (Å²) in [5.74, 6) is 10.2. The van der Waals surface area contributed by atoms with Crippen molar-refractivity contribution in [2.45, 2.75) is 92.7 Å². The summed E-state index contributed by atoms with van der Waals surface area (Å²) >= 11 is 0. The van der Waals surface area contributed by atoms with Gasteiger partial charge < -0.3 is 41.0 Å². The Bertz CT molecular complexity index is 2410. The number of primary amides is 2. The van der Waals surface area contributed by atoms with Gasteiger partial charge in [-0.15, -0.1) is 0 Å². The number of alkyl halides is 2. The largest absolute Gasteiger partial charge is 0.496 e. The fourth-order valence-corrected chi connectivity index (χ4v) is 7.33. The van der Waals surface area contributed by atoms with Gasteiger partial charge in [-0.25, -0.2) is 18.7 Å². The third kappa shape index (κ3) is 11.1. The minimum absolute atomic E-state index is 0.0552. The monoisotopic (exact) mass is 882 g/mol. The molecule has 0 aliphatic carbocycles. The van der Waals surface area contributed by atoms with Gasteiger partial charge in [0.15, 0.2) is 12.3 Å². The predicted molar refractivity (Wildman–Crippen MR) is 238 cm³/mol. The molecule has 4 amide bonds. The third-order valence-electron chi connectivity index (χ3n) is 10.7. The van der Waals surface area contributed by atoms with Crippen LogP contribution in [0.4, 0.5) is 8.78 Å². The van der Waals surface area contributed by atoms with E-state index in [9.17, 15) is 28.0 Å². The Labute approximate surface area is 371 Å². The number of carbonyl (C=O) groups excluding carboxylic acids is 4. The highest BCUT2D eigenvalue weighted by atomic mass is 19.1. The summed E-state index contributed by atoms with van der Waals surface area (Å²) in [5.41, 5.74) is 12.2. The molecule has 6 N–H and O–H groups in total. The number of hydrogen-bond acceptors (Lipinski definition) is 10. The molecule has 0 spiro atoms. The number of pyridine rings is 2. The van der Waals surface area contributed by atoms with Gasteiger partial charge in [0.05, 0.1) is 48.6 Å². The van der Waals surface area contributed by atoms with Crippen molar-refractivity contribution in [1.82, 2.24) is 20.6 Å². The van der Waals surface area contributed by atoms with Gasteiger partial charge in [-0.1, -0.05) is 37.5 Å². The van der Waals surface area contributed by atoms with Crippen LogP contribution in [0.1, 0.15) is 100 Å². The number of fused-ring (bicyclic) bond motifs is 2. The first kappa shape index (κ1) is 48.4. The maximum atomic E-state index is 14.1. The molecule has 4 aromatic rings. The lowest BCUT2D eigenvalue weighted by atomic mass is 9.96. The SMILES string of the molecule is CC[C@@H]1[C@H](F)C(=O)N[C@@H]1COc1ncc(C#CC(C)(C)C)c2cc(C(N)=O)c(OC)cc12.CC[C@@H]1[C@H](F)C(=O)N[C@@H]1COc1ncc(C#CC(C)(C)C)c2cc(C(N)=O)c(OC)cc12. The van der Waals surface area contributed by atoms with Crippen LogP contribution in [0, 0.1) is 46.3 Å². The van der Waals surface area contributed by atoms with Crippen molar-refractivity contribution in [3.63, 3.8) is 0 Å². The van der Waals surface area contributed by atoms with Crippen molar-refractivity contribution in [3.8, 4) is 46.9 Å². The lowest BCUT2D eigenvalue weighted by molar-refractivity contribution is -0.124. The number of methoxy groups -OCH3 is 2. The minimum Gasteiger partial charge on any atom is -0.496 e. The van der Waals surface area contributed by atoms with E-state index in [0.29, 0.717) is 45.5 Å². The summed E-state index contributed by atoms with van der Waals surface area (Å²) in [7, 11) is 2.87. The molecule has 4 heterocycles. The molecular formula is C48H56F2N6O8. The van der Waals surface area contributed by atoms with Crippen LogP contribution >= 0.6 is 0 Å². The Morgan fingerprint density at radius 1 is 0.656 bits per heavy atom. The van der Waals surface area contributed by atoms with Crippen molar-refractivity contribution < 1.29 is 46.9 Å². The number of nitrogens with one attached hydrogen (secondary N) is 2. The number of benzene rings is 2. The average molecular weight is 883 g/mol. The van der Waals surface area contributed by atoms with Gasteiger partial charge in [-0.05, 0) is 78.6 Å². The third-order valence-corrected chi connectivity index (χ3v) is 10.7. The average Bonchev–Trinajstić information content (AvgIpc) is 3.68. The highest BCUT2D eigenvalue weighted by molar-refractivity contribution is 6.04. The highest BCUT2D eigenvalue weighted by Gasteiger charge is 2.43. The van der Waals surface area contributed by atoms with Crippen LogP contribution in [-0.2, 0) is 9.59 Å². The Kier molecular flexibility index (Phi) is 15.0. The maximum Gasteiger partial charge on any atom is 0.255 e. The van der Waals surface area contributed by atoms with E-state index in [0.717, 1.165) is 0 Å². The van der Waals surface area contributed by atoms with Gasteiger partial charge in [0.2, 0.25) is 11.8 Å². The molecule has 16 heteroatoms. The fourth-order valence-electron chi connectivity index (χ4n) is 7.33. The number of carbonyl (C=O) groups is 4. The van der Waals surface area contributed by atoms with E-state index in [1.807, 2.05) is 55.4 Å². The van der Waals surface area contributed by atoms with Crippen LogP contribution in [0.5, 0.6) is 23.3 Å². The molecule has 2 saturated heterocycles. The van der Waals surface area contributed by atoms with Crippen LogP contribution in [0.25, 0.3) is 21.5 Å². The van der Waals surface area contributed by atoms with Crippen molar-refractivity contribution >= 4 is 45.2 Å². The lowest BCUT2D eigenvalue weighted by Gasteiger charge is -2.19. The molecule has 340 valence electrons. The summed E-state index contributed by atoms with van der Waals surface area (Å²) in [4.78, 5) is 56.2. The van der Waals surface area contributed by atoms with E-state index >= 15 is 0 Å². The van der Waals surface area contributed by atoms with E-state index in [-0.39, 0.29) is 58.4 Å². The van der Waals surface area contributed by atoms with E-state index in [1.165, 1.54) is 14.2 Å². The van der Waals surface area contributed by atoms with Gasteiger partial charge in [0, 0.05) is 56.6 Å². The van der Waals surface area contributed by atoms with E-state index in [2.05, 4.69) is 44.3 Å². The number of ether oxygens (including phenoxy) is 4. The maximum absolute atomic E-state index is 14.1. The normalized spacial score (nSPS) is 20.4. The van der Waals surface area contributed by atoms with E-state index < -0.39 is 59.9 Å². The molecule has 2 fully saturated rings. The van der Waals surface area contributed by atoms with Gasteiger partial charge in [0.1, 0.15) is 24.7 Å². The molecule has 0 bridgehead atoms. The fraction of sp³-hybridized carbons (Fsp3) is 0.458. The molecule has 6 rings (SSSR count). The molecule has 0 unspecified atom stereocenters. The van der Waals surface area contributed by atoms with Gasteiger partial charge in [-0.3, -0.25) is 19.2 Å². The molecular weight excluding hydrogens is 827 g/mol. The zero-order chi connectivity index (χ0) is 47.3. The van der Waals surface area contributed by atoms with Gasteiger partial charge in [-0.2, -0.15) is 0 Å². The molecule has 2 aromatic carbocycles. The van der Waals surface area contributed by atoms with Crippen LogP contribution in [0.2, 0.25) is 0 Å². The van der Waals surface area contributed by atoms with Crippen LogP contribution in [0.15, 0.2) is 36.7 Å². The number of nitrogens with two attached hydrogens (primary N) is 2. The summed E-state index contributed by atoms with van der Waals surface area (Å²) in [6.07, 6.45) is 1.03. The number of amides is 4. The Morgan fingerprint density at radius 2 is 1.02 bits per heavy atom. The summed E-state index contributed by atoms with van der Waals surface area (Å²) in [6.45, 7) is 15.7. The highest BCUT2D eigenvalue weighted by Crippen LogP contribution is 2.36. The second-order valence-electron chi connectivity index (χ2n) is 17.7. The first-order valence-electron chi connectivity index (χ1n) is 20.9. The minimum atomic E-state index is -1.55. The number of hydrogen-bond donors (Lipinski definition) is 4. The smallest absolute Gasteiger partial charge is 0.255 e. The predicted octanol–water partition coefficient (Wildman–Crippen LogP) is 5.96. The van der Waals surface area contributed by atoms with Crippen molar-refractivity contribution in [2.24, 2.45) is 34.1 Å². The van der Waals surface area contributed by atoms with Gasteiger partial charge in [0.25, 0.3) is 23.6 Å². The number of nitrogens with zero attached hydrogens (tertiary/aromatic N) is 2. The van der Waals surface area contributed by atoms with E-state index in [1.54, 1.807) is 36.7 Å². The molecule has 0 saturated carbocycles. The summed E-state index contributed by atoms with van der Waals surface area (Å²) < 4.78 is 50.7. The molecule has 14 nitrogen and oxygen atoms in total. The Morgan fingerprint density at radius 3 is 1.31 bits per heavy atom. The van der Waals surface area contributed by atoms with Crippen LogP contribution < -0.4 is 41.0 Å².